The highest BCUT2D eigenvalue weighted by molar-refractivity contribution is 6.01. The van der Waals surface area contributed by atoms with Crippen molar-refractivity contribution < 1.29 is 29.1 Å². The Morgan fingerprint density at radius 3 is 2.59 bits per heavy atom. The van der Waals surface area contributed by atoms with Crippen molar-refractivity contribution in [2.75, 3.05) is 18.1 Å². The molecule has 0 saturated carbocycles. The first-order valence-corrected chi connectivity index (χ1v) is 8.81. The van der Waals surface area contributed by atoms with Crippen molar-refractivity contribution in [1.82, 2.24) is 4.98 Å². The Labute approximate surface area is 165 Å². The fraction of sp³-hybridized carbons (Fsp3) is 0.316. The zero-order chi connectivity index (χ0) is 21.2. The molecule has 3 rings (SSSR count). The predicted molar refractivity (Wildman–Crippen MR) is 101 cm³/mol. The van der Waals surface area contributed by atoms with Crippen LogP contribution in [0.15, 0.2) is 36.4 Å². The van der Waals surface area contributed by atoms with E-state index in [4.69, 9.17) is 14.6 Å². The van der Waals surface area contributed by atoms with Crippen LogP contribution in [-0.4, -0.2) is 45.6 Å². The van der Waals surface area contributed by atoms with E-state index < -0.39 is 16.5 Å². The number of carboxylic acid groups (broad SMARTS) is 1. The lowest BCUT2D eigenvalue weighted by molar-refractivity contribution is -0.389. The topological polar surface area (TPSA) is 132 Å². The minimum atomic E-state index is -1.13. The van der Waals surface area contributed by atoms with Crippen molar-refractivity contribution in [3.05, 3.63) is 52.1 Å². The highest BCUT2D eigenvalue weighted by atomic mass is 16.6. The lowest BCUT2D eigenvalue weighted by Gasteiger charge is -2.35. The minimum absolute atomic E-state index is 0.106. The molecule has 0 saturated heterocycles. The van der Waals surface area contributed by atoms with E-state index in [1.165, 1.54) is 29.2 Å². The molecule has 0 atom stereocenters. The highest BCUT2D eigenvalue weighted by Crippen LogP contribution is 2.37. The lowest BCUT2D eigenvalue weighted by atomic mass is 10.1. The number of carbonyl (C=O) groups is 2. The number of rotatable bonds is 7. The number of ether oxygens (including phenoxy) is 2. The summed E-state index contributed by atoms with van der Waals surface area (Å²) in [4.78, 5) is 39.3. The van der Waals surface area contributed by atoms with Crippen LogP contribution in [0.1, 0.15) is 30.6 Å². The number of pyridine rings is 1. The highest BCUT2D eigenvalue weighted by Gasteiger charge is 2.44. The maximum atomic E-state index is 12.8. The Kier molecular flexibility index (Phi) is 5.35. The van der Waals surface area contributed by atoms with Gasteiger partial charge in [-0.25, -0.2) is 4.79 Å². The molecule has 152 valence electrons. The second kappa shape index (κ2) is 7.74. The largest absolute Gasteiger partial charge is 0.494 e. The van der Waals surface area contributed by atoms with Crippen LogP contribution in [0.25, 0.3) is 0 Å². The van der Waals surface area contributed by atoms with Gasteiger partial charge in [0, 0.05) is 12.6 Å². The summed E-state index contributed by atoms with van der Waals surface area (Å²) in [5.74, 6) is -0.855. The van der Waals surface area contributed by atoms with Crippen LogP contribution in [-0.2, 0) is 4.79 Å². The SMILES string of the molecule is CC1(C)Oc2ccc([N+](=O)[O-])nc2N(CCCOc2ccc(C(=O)O)cc2)C1=O. The Balaban J connectivity index is 1.69. The standard InChI is InChI=1S/C19H19N3O7/c1-19(2)18(25)21(16-14(29-19)8-9-15(20-16)22(26)27)10-3-11-28-13-6-4-12(5-7-13)17(23)24/h4-9H,3,10-11H2,1-2H3,(H,23,24). The van der Waals surface area contributed by atoms with E-state index in [2.05, 4.69) is 4.98 Å². The van der Waals surface area contributed by atoms with Gasteiger partial charge in [0.15, 0.2) is 11.4 Å². The zero-order valence-corrected chi connectivity index (χ0v) is 15.8. The van der Waals surface area contributed by atoms with Crippen LogP contribution in [0.2, 0.25) is 0 Å². The average molecular weight is 401 g/mol. The van der Waals surface area contributed by atoms with Gasteiger partial charge in [0.2, 0.25) is 0 Å². The molecule has 2 heterocycles. The maximum Gasteiger partial charge on any atom is 0.366 e. The molecule has 0 bridgehead atoms. The number of hydrogen-bond donors (Lipinski definition) is 1. The molecular formula is C19H19N3O7. The molecule has 1 N–H and O–H groups in total. The number of carbonyl (C=O) groups excluding carboxylic acids is 1. The van der Waals surface area contributed by atoms with Gasteiger partial charge in [-0.1, -0.05) is 0 Å². The van der Waals surface area contributed by atoms with Crippen molar-refractivity contribution in [1.29, 1.82) is 0 Å². The van der Waals surface area contributed by atoms with Crippen LogP contribution in [0, 0.1) is 10.1 Å². The van der Waals surface area contributed by atoms with E-state index in [0.717, 1.165) is 0 Å². The third-order valence-corrected chi connectivity index (χ3v) is 4.29. The molecule has 1 aromatic heterocycles. The van der Waals surface area contributed by atoms with Crippen LogP contribution in [0.4, 0.5) is 11.6 Å². The molecule has 1 amide bonds. The van der Waals surface area contributed by atoms with Crippen molar-refractivity contribution in [2.24, 2.45) is 0 Å². The van der Waals surface area contributed by atoms with Crippen LogP contribution < -0.4 is 14.4 Å². The molecule has 0 fully saturated rings. The van der Waals surface area contributed by atoms with Crippen LogP contribution in [0.5, 0.6) is 11.5 Å². The average Bonchev–Trinajstić information content (AvgIpc) is 2.67. The van der Waals surface area contributed by atoms with Crippen LogP contribution >= 0.6 is 0 Å². The van der Waals surface area contributed by atoms with Crippen molar-refractivity contribution in [3.8, 4) is 11.5 Å². The fourth-order valence-corrected chi connectivity index (χ4v) is 2.85. The van der Waals surface area contributed by atoms with Gasteiger partial charge < -0.3 is 24.7 Å². The second-order valence-corrected chi connectivity index (χ2v) is 6.85. The first-order valence-electron chi connectivity index (χ1n) is 8.81. The number of aromatic nitrogens is 1. The number of fused-ring (bicyclic) bond motifs is 1. The monoisotopic (exact) mass is 401 g/mol. The lowest BCUT2D eigenvalue weighted by Crippen LogP contribution is -2.53. The van der Waals surface area contributed by atoms with E-state index in [1.807, 2.05) is 0 Å². The number of hydrogen-bond acceptors (Lipinski definition) is 7. The molecule has 0 radical (unpaired) electrons. The first kappa shape index (κ1) is 20.1. The van der Waals surface area contributed by atoms with E-state index in [9.17, 15) is 19.7 Å². The molecule has 1 aromatic carbocycles. The van der Waals surface area contributed by atoms with Gasteiger partial charge in [-0.15, -0.1) is 0 Å². The van der Waals surface area contributed by atoms with Gasteiger partial charge >= 0.3 is 11.8 Å². The molecule has 0 spiro atoms. The summed E-state index contributed by atoms with van der Waals surface area (Å²) < 4.78 is 11.2. The maximum absolute atomic E-state index is 12.8. The third-order valence-electron chi connectivity index (χ3n) is 4.29. The van der Waals surface area contributed by atoms with E-state index in [1.54, 1.807) is 26.0 Å². The van der Waals surface area contributed by atoms with Gasteiger partial charge in [-0.2, -0.15) is 0 Å². The predicted octanol–water partition coefficient (Wildman–Crippen LogP) is 2.66. The number of carboxylic acids is 1. The molecule has 2 aromatic rings. The summed E-state index contributed by atoms with van der Waals surface area (Å²) in [7, 11) is 0. The molecule has 10 heteroatoms. The van der Waals surface area contributed by atoms with Gasteiger partial charge in [-0.3, -0.25) is 9.69 Å². The number of aromatic carboxylic acids is 1. The van der Waals surface area contributed by atoms with E-state index in [-0.39, 0.29) is 36.3 Å². The number of amides is 1. The third kappa shape index (κ3) is 4.26. The van der Waals surface area contributed by atoms with Gasteiger partial charge in [0.25, 0.3) is 11.7 Å². The van der Waals surface area contributed by atoms with Gasteiger partial charge in [0.05, 0.1) is 12.2 Å². The zero-order valence-electron chi connectivity index (χ0n) is 15.8. The summed E-state index contributed by atoms with van der Waals surface area (Å²) in [5, 5.41) is 19.9. The Morgan fingerprint density at radius 2 is 1.97 bits per heavy atom. The fourth-order valence-electron chi connectivity index (χ4n) is 2.85. The van der Waals surface area contributed by atoms with Gasteiger partial charge in [-0.05, 0) is 60.5 Å². The summed E-state index contributed by atoms with van der Waals surface area (Å²) in [6, 6.07) is 8.63. The second-order valence-electron chi connectivity index (χ2n) is 6.85. The molecule has 0 unspecified atom stereocenters. The van der Waals surface area contributed by atoms with Crippen molar-refractivity contribution in [3.63, 3.8) is 0 Å². The Hall–Kier alpha value is -3.69. The van der Waals surface area contributed by atoms with Gasteiger partial charge in [0.1, 0.15) is 5.75 Å². The Bertz CT molecular complexity index is 957. The number of benzene rings is 1. The number of anilines is 1. The summed E-state index contributed by atoms with van der Waals surface area (Å²) >= 11 is 0. The molecule has 1 aliphatic heterocycles. The number of nitrogens with zero attached hydrogens (tertiary/aromatic N) is 3. The molecule has 10 nitrogen and oxygen atoms in total. The summed E-state index contributed by atoms with van der Waals surface area (Å²) in [5.41, 5.74) is -0.971. The smallest absolute Gasteiger partial charge is 0.366 e. The Morgan fingerprint density at radius 1 is 1.28 bits per heavy atom. The normalized spacial score (nSPS) is 14.7. The summed E-state index contributed by atoms with van der Waals surface area (Å²) in [6.45, 7) is 3.71. The van der Waals surface area contributed by atoms with Crippen molar-refractivity contribution in [2.45, 2.75) is 25.9 Å². The molecular weight excluding hydrogens is 382 g/mol. The first-order chi connectivity index (χ1) is 13.7. The van der Waals surface area contributed by atoms with E-state index >= 15 is 0 Å². The quantitative estimate of drug-likeness (QED) is 0.425. The molecule has 0 aliphatic carbocycles. The molecule has 1 aliphatic rings. The van der Waals surface area contributed by atoms with Crippen molar-refractivity contribution >= 4 is 23.5 Å². The van der Waals surface area contributed by atoms with Crippen LogP contribution in [0.3, 0.4) is 0 Å². The van der Waals surface area contributed by atoms with E-state index in [0.29, 0.717) is 17.9 Å². The number of nitro groups is 1. The molecule has 29 heavy (non-hydrogen) atoms. The summed E-state index contributed by atoms with van der Waals surface area (Å²) in [6.07, 6.45) is 0.423. The minimum Gasteiger partial charge on any atom is -0.494 e.